The number of hydrogen-bond acceptors (Lipinski definition) is 6. The van der Waals surface area contributed by atoms with Gasteiger partial charge in [0.1, 0.15) is 4.21 Å². The number of sulfonamides is 1. The normalized spacial score (nSPS) is 28.7. The Kier molecular flexibility index (Phi) is 3.95. The van der Waals surface area contributed by atoms with E-state index in [1.807, 2.05) is 0 Å². The summed E-state index contributed by atoms with van der Waals surface area (Å²) < 4.78 is 27.1. The summed E-state index contributed by atoms with van der Waals surface area (Å²) in [6.45, 7) is 0. The fourth-order valence-corrected chi connectivity index (χ4v) is 5.97. The van der Waals surface area contributed by atoms with Gasteiger partial charge in [0.2, 0.25) is 0 Å². The summed E-state index contributed by atoms with van der Waals surface area (Å²) in [5.41, 5.74) is -0.368. The van der Waals surface area contributed by atoms with Gasteiger partial charge in [0, 0.05) is 24.2 Å². The molecule has 0 radical (unpaired) electrons. The molecule has 2 bridgehead atoms. The van der Waals surface area contributed by atoms with Gasteiger partial charge in [0.25, 0.3) is 15.7 Å². The lowest BCUT2D eigenvalue weighted by Crippen LogP contribution is -2.47. The molecule has 2 aliphatic heterocycles. The molecule has 2 atom stereocenters. The molecule has 2 N–H and O–H groups in total. The Labute approximate surface area is 130 Å². The van der Waals surface area contributed by atoms with Crippen molar-refractivity contribution in [2.24, 2.45) is 0 Å². The molecule has 2 unspecified atom stereocenters. The van der Waals surface area contributed by atoms with Gasteiger partial charge in [0.05, 0.1) is 4.92 Å². The SMILES string of the molecule is O=[N+]([O-])c1cc(S(=O)(=O)NC2CC3CCC(C2)N3)sc1Cl. The lowest BCUT2D eigenvalue weighted by molar-refractivity contribution is -0.384. The van der Waals surface area contributed by atoms with Crippen molar-refractivity contribution < 1.29 is 13.3 Å². The number of halogens is 1. The summed E-state index contributed by atoms with van der Waals surface area (Å²) in [6, 6.07) is 1.61. The quantitative estimate of drug-likeness (QED) is 0.637. The molecule has 21 heavy (non-hydrogen) atoms. The number of piperidine rings is 1. The summed E-state index contributed by atoms with van der Waals surface area (Å²) >= 11 is 6.43. The maximum absolute atomic E-state index is 12.3. The Morgan fingerprint density at radius 3 is 2.52 bits per heavy atom. The number of nitro groups is 1. The van der Waals surface area contributed by atoms with Crippen molar-refractivity contribution in [3.05, 3.63) is 20.5 Å². The number of rotatable bonds is 4. The monoisotopic (exact) mass is 351 g/mol. The van der Waals surface area contributed by atoms with E-state index in [0.29, 0.717) is 23.4 Å². The number of fused-ring (bicyclic) bond motifs is 2. The van der Waals surface area contributed by atoms with E-state index >= 15 is 0 Å². The molecule has 0 aliphatic carbocycles. The van der Waals surface area contributed by atoms with Crippen LogP contribution >= 0.6 is 22.9 Å². The summed E-state index contributed by atoms with van der Waals surface area (Å²) in [5.74, 6) is 0. The minimum absolute atomic E-state index is 0.106. The van der Waals surface area contributed by atoms with E-state index in [9.17, 15) is 18.5 Å². The van der Waals surface area contributed by atoms with Gasteiger partial charge in [-0.3, -0.25) is 10.1 Å². The highest BCUT2D eigenvalue weighted by molar-refractivity contribution is 7.91. The van der Waals surface area contributed by atoms with Crippen molar-refractivity contribution >= 4 is 38.6 Å². The van der Waals surface area contributed by atoms with Gasteiger partial charge in [-0.2, -0.15) is 0 Å². The van der Waals surface area contributed by atoms with Crippen molar-refractivity contribution in [1.82, 2.24) is 10.0 Å². The molecule has 1 aromatic heterocycles. The van der Waals surface area contributed by atoms with Crippen LogP contribution in [-0.4, -0.2) is 31.5 Å². The van der Waals surface area contributed by atoms with Crippen LogP contribution in [-0.2, 0) is 10.0 Å². The fraction of sp³-hybridized carbons (Fsp3) is 0.636. The Bertz CT molecular complexity index is 663. The minimum atomic E-state index is -3.76. The van der Waals surface area contributed by atoms with Gasteiger partial charge in [-0.05, 0) is 25.7 Å². The second-order valence-corrected chi connectivity index (χ2v) is 9.00. The first kappa shape index (κ1) is 15.2. The summed E-state index contributed by atoms with van der Waals surface area (Å²) in [4.78, 5) is 10.1. The maximum Gasteiger partial charge on any atom is 0.300 e. The van der Waals surface area contributed by atoms with E-state index in [1.54, 1.807) is 0 Å². The maximum atomic E-state index is 12.3. The highest BCUT2D eigenvalue weighted by atomic mass is 35.5. The molecular formula is C11H14ClN3O4S2. The molecule has 0 spiro atoms. The molecule has 2 saturated heterocycles. The van der Waals surface area contributed by atoms with E-state index in [4.69, 9.17) is 11.6 Å². The third-order valence-corrected chi connectivity index (χ3v) is 7.23. The minimum Gasteiger partial charge on any atom is -0.311 e. The van der Waals surface area contributed by atoms with Crippen LogP contribution in [0.1, 0.15) is 25.7 Å². The van der Waals surface area contributed by atoms with Crippen molar-refractivity contribution in [2.45, 2.75) is 48.0 Å². The first-order valence-corrected chi connectivity index (χ1v) is 9.25. The van der Waals surface area contributed by atoms with Crippen LogP contribution in [0.4, 0.5) is 5.69 Å². The standard InChI is InChI=1S/C11H14ClN3O4S2/c12-11-9(15(16)17)5-10(20-11)21(18,19)14-8-3-6-1-2-7(4-8)13-6/h5-8,13-14H,1-4H2. The van der Waals surface area contributed by atoms with Crippen molar-refractivity contribution in [3.8, 4) is 0 Å². The second kappa shape index (κ2) is 5.47. The molecule has 2 fully saturated rings. The van der Waals surface area contributed by atoms with Crippen molar-refractivity contribution in [1.29, 1.82) is 0 Å². The molecule has 7 nitrogen and oxygen atoms in total. The second-order valence-electron chi connectivity index (χ2n) is 5.41. The molecule has 0 saturated carbocycles. The van der Waals surface area contributed by atoms with E-state index < -0.39 is 14.9 Å². The first-order valence-electron chi connectivity index (χ1n) is 6.57. The molecule has 10 heteroatoms. The molecular weight excluding hydrogens is 338 g/mol. The fourth-order valence-electron chi connectivity index (χ4n) is 3.03. The van der Waals surface area contributed by atoms with Crippen molar-refractivity contribution in [2.75, 3.05) is 0 Å². The number of hydrogen-bond donors (Lipinski definition) is 2. The van der Waals surface area contributed by atoms with E-state index in [-0.39, 0.29) is 20.3 Å². The smallest absolute Gasteiger partial charge is 0.300 e. The third-order valence-electron chi connectivity index (χ3n) is 3.90. The predicted octanol–water partition coefficient (Wildman–Crippen LogP) is 1.87. The largest absolute Gasteiger partial charge is 0.311 e. The molecule has 3 rings (SSSR count). The average Bonchev–Trinajstić information content (AvgIpc) is 2.93. The van der Waals surface area contributed by atoms with E-state index in [0.717, 1.165) is 31.7 Å². The van der Waals surface area contributed by atoms with Gasteiger partial charge in [-0.25, -0.2) is 13.1 Å². The third kappa shape index (κ3) is 3.07. The van der Waals surface area contributed by atoms with Crippen LogP contribution in [0.15, 0.2) is 10.3 Å². The van der Waals surface area contributed by atoms with Crippen LogP contribution in [0.25, 0.3) is 0 Å². The molecule has 116 valence electrons. The summed E-state index contributed by atoms with van der Waals surface area (Å²) in [7, 11) is -3.76. The molecule has 1 aromatic rings. The van der Waals surface area contributed by atoms with Gasteiger partial charge >= 0.3 is 0 Å². The highest BCUT2D eigenvalue weighted by Crippen LogP contribution is 2.36. The van der Waals surface area contributed by atoms with Crippen molar-refractivity contribution in [3.63, 3.8) is 0 Å². The molecule has 0 aromatic carbocycles. The first-order chi connectivity index (χ1) is 9.85. The summed E-state index contributed by atoms with van der Waals surface area (Å²) in [5, 5.41) is 14.2. The molecule has 3 heterocycles. The van der Waals surface area contributed by atoms with E-state index in [1.165, 1.54) is 0 Å². The van der Waals surface area contributed by atoms with Crippen LogP contribution in [0.3, 0.4) is 0 Å². The molecule has 2 aliphatic rings. The Balaban J connectivity index is 1.77. The lowest BCUT2D eigenvalue weighted by Gasteiger charge is -2.29. The number of thiophene rings is 1. The Morgan fingerprint density at radius 1 is 1.38 bits per heavy atom. The van der Waals surface area contributed by atoms with Gasteiger partial charge < -0.3 is 5.32 Å². The van der Waals surface area contributed by atoms with Gasteiger partial charge in [0.15, 0.2) is 4.34 Å². The van der Waals surface area contributed by atoms with Crippen LogP contribution in [0.5, 0.6) is 0 Å². The average molecular weight is 352 g/mol. The van der Waals surface area contributed by atoms with Crippen LogP contribution in [0.2, 0.25) is 4.34 Å². The lowest BCUT2D eigenvalue weighted by atomic mass is 10.0. The predicted molar refractivity (Wildman–Crippen MR) is 79.3 cm³/mol. The zero-order valence-electron chi connectivity index (χ0n) is 10.9. The Morgan fingerprint density at radius 2 is 2.00 bits per heavy atom. The van der Waals surface area contributed by atoms with Gasteiger partial charge in [-0.15, -0.1) is 11.3 Å². The van der Waals surface area contributed by atoms with Gasteiger partial charge in [-0.1, -0.05) is 11.6 Å². The Hall–Kier alpha value is -0.740. The molecule has 0 amide bonds. The van der Waals surface area contributed by atoms with E-state index in [2.05, 4.69) is 10.0 Å². The summed E-state index contributed by atoms with van der Waals surface area (Å²) in [6.07, 6.45) is 3.63. The highest BCUT2D eigenvalue weighted by Gasteiger charge is 2.36. The zero-order valence-corrected chi connectivity index (χ0v) is 13.3. The van der Waals surface area contributed by atoms with Crippen LogP contribution in [0, 0.1) is 10.1 Å². The number of nitrogens with zero attached hydrogens (tertiary/aromatic N) is 1. The topological polar surface area (TPSA) is 101 Å². The van der Waals surface area contributed by atoms with Crippen LogP contribution < -0.4 is 10.0 Å². The zero-order chi connectivity index (χ0) is 15.2. The number of nitrogens with one attached hydrogen (secondary N) is 2.